The molecular weight excluding hydrogens is 297 g/mol. The quantitative estimate of drug-likeness (QED) is 0.854. The molecule has 3 rings (SSSR count). The zero-order chi connectivity index (χ0) is 16.4. The molecule has 0 saturated carbocycles. The summed E-state index contributed by atoms with van der Waals surface area (Å²) in [5, 5.41) is 9.32. The molecule has 1 amide bonds. The van der Waals surface area contributed by atoms with Gasteiger partial charge in [0, 0.05) is 25.0 Å². The van der Waals surface area contributed by atoms with Gasteiger partial charge in [0.2, 0.25) is 0 Å². The largest absolute Gasteiger partial charge is 0.378 e. The molecular formula is C17H16FN3O2. The van der Waals surface area contributed by atoms with Crippen LogP contribution in [0, 0.1) is 24.1 Å². The van der Waals surface area contributed by atoms with Crippen LogP contribution in [0.1, 0.15) is 21.6 Å². The zero-order valence-corrected chi connectivity index (χ0v) is 12.8. The van der Waals surface area contributed by atoms with Gasteiger partial charge in [-0.15, -0.1) is 0 Å². The van der Waals surface area contributed by atoms with Crippen LogP contribution in [0.15, 0.2) is 30.5 Å². The topological polar surface area (TPSA) is 58.3 Å². The second-order valence-electron chi connectivity index (χ2n) is 5.40. The van der Waals surface area contributed by atoms with Crippen LogP contribution in [0.25, 0.3) is 5.69 Å². The summed E-state index contributed by atoms with van der Waals surface area (Å²) in [5.74, 6) is -0.543. The van der Waals surface area contributed by atoms with E-state index in [1.807, 2.05) is 0 Å². The van der Waals surface area contributed by atoms with E-state index < -0.39 is 0 Å². The highest BCUT2D eigenvalue weighted by Crippen LogP contribution is 2.22. The van der Waals surface area contributed by atoms with Gasteiger partial charge in [0.1, 0.15) is 17.6 Å². The number of carbonyl (C=O) groups is 1. The SMILES string of the molecule is Cc1cc(F)ccc1-n1ccc(C#N)c1C(=O)N1CCOCC1. The van der Waals surface area contributed by atoms with Gasteiger partial charge in [0.15, 0.2) is 0 Å². The number of hydrogen-bond acceptors (Lipinski definition) is 3. The van der Waals surface area contributed by atoms with Crippen molar-refractivity contribution in [3.63, 3.8) is 0 Å². The van der Waals surface area contributed by atoms with E-state index >= 15 is 0 Å². The Morgan fingerprint density at radius 3 is 2.70 bits per heavy atom. The first-order valence-electron chi connectivity index (χ1n) is 7.37. The van der Waals surface area contributed by atoms with Gasteiger partial charge in [-0.1, -0.05) is 0 Å². The summed E-state index contributed by atoms with van der Waals surface area (Å²) in [7, 11) is 0. The average Bonchev–Trinajstić information content (AvgIpc) is 2.98. The van der Waals surface area contributed by atoms with E-state index in [9.17, 15) is 14.4 Å². The van der Waals surface area contributed by atoms with Gasteiger partial charge in [-0.25, -0.2) is 4.39 Å². The molecule has 2 aromatic rings. The number of benzene rings is 1. The molecule has 2 heterocycles. The van der Waals surface area contributed by atoms with Crippen molar-refractivity contribution in [1.82, 2.24) is 9.47 Å². The Hall–Kier alpha value is -2.65. The number of carbonyl (C=O) groups excluding carboxylic acids is 1. The molecule has 1 fully saturated rings. The van der Waals surface area contributed by atoms with Crippen molar-refractivity contribution in [3.8, 4) is 11.8 Å². The molecule has 1 aliphatic rings. The molecule has 6 heteroatoms. The molecule has 0 unspecified atom stereocenters. The third-order valence-electron chi connectivity index (χ3n) is 3.93. The second-order valence-corrected chi connectivity index (χ2v) is 5.40. The van der Waals surface area contributed by atoms with Crippen LogP contribution in [0.5, 0.6) is 0 Å². The van der Waals surface area contributed by atoms with E-state index in [0.29, 0.717) is 48.8 Å². The number of halogens is 1. The molecule has 23 heavy (non-hydrogen) atoms. The Kier molecular flexibility index (Phi) is 4.13. The lowest BCUT2D eigenvalue weighted by atomic mass is 10.1. The normalized spacial score (nSPS) is 14.6. The Morgan fingerprint density at radius 2 is 2.04 bits per heavy atom. The lowest BCUT2D eigenvalue weighted by molar-refractivity contribution is 0.0297. The Morgan fingerprint density at radius 1 is 1.30 bits per heavy atom. The van der Waals surface area contributed by atoms with Gasteiger partial charge in [-0.3, -0.25) is 4.79 Å². The van der Waals surface area contributed by atoms with Crippen LogP contribution < -0.4 is 0 Å². The van der Waals surface area contributed by atoms with Crippen molar-refractivity contribution < 1.29 is 13.9 Å². The van der Waals surface area contributed by atoms with Crippen LogP contribution in [0.2, 0.25) is 0 Å². The number of aryl methyl sites for hydroxylation is 1. The first-order chi connectivity index (χ1) is 11.1. The number of morpholine rings is 1. The van der Waals surface area contributed by atoms with Crippen LogP contribution in [0.3, 0.4) is 0 Å². The zero-order valence-electron chi connectivity index (χ0n) is 12.8. The predicted molar refractivity (Wildman–Crippen MR) is 81.9 cm³/mol. The summed E-state index contributed by atoms with van der Waals surface area (Å²) in [6.07, 6.45) is 1.67. The number of rotatable bonds is 2. The Labute approximate surface area is 133 Å². The molecule has 5 nitrogen and oxygen atoms in total. The van der Waals surface area contributed by atoms with Gasteiger partial charge in [-0.2, -0.15) is 5.26 Å². The van der Waals surface area contributed by atoms with Crippen LogP contribution in [-0.4, -0.2) is 41.7 Å². The number of nitrogens with zero attached hydrogens (tertiary/aromatic N) is 3. The molecule has 1 aromatic carbocycles. The first kappa shape index (κ1) is 15.3. The van der Waals surface area contributed by atoms with Crippen LogP contribution in [-0.2, 0) is 4.74 Å². The van der Waals surface area contributed by atoms with E-state index in [4.69, 9.17) is 4.74 Å². The number of hydrogen-bond donors (Lipinski definition) is 0. The first-order valence-corrected chi connectivity index (χ1v) is 7.37. The molecule has 0 atom stereocenters. The van der Waals surface area contributed by atoms with Crippen molar-refractivity contribution in [2.75, 3.05) is 26.3 Å². The van der Waals surface area contributed by atoms with E-state index in [2.05, 4.69) is 6.07 Å². The van der Waals surface area contributed by atoms with Gasteiger partial charge < -0.3 is 14.2 Å². The maximum atomic E-state index is 13.3. The summed E-state index contributed by atoms with van der Waals surface area (Å²) in [5.41, 5.74) is 2.00. The summed E-state index contributed by atoms with van der Waals surface area (Å²) in [6, 6.07) is 8.04. The maximum Gasteiger partial charge on any atom is 0.272 e. The fraction of sp³-hybridized carbons (Fsp3) is 0.294. The Bertz CT molecular complexity index is 786. The average molecular weight is 313 g/mol. The van der Waals surface area contributed by atoms with Crippen molar-refractivity contribution >= 4 is 5.91 Å². The molecule has 1 aromatic heterocycles. The van der Waals surface area contributed by atoms with Gasteiger partial charge in [-0.05, 0) is 36.8 Å². The smallest absolute Gasteiger partial charge is 0.272 e. The number of ether oxygens (including phenoxy) is 1. The minimum Gasteiger partial charge on any atom is -0.378 e. The lowest BCUT2D eigenvalue weighted by Gasteiger charge is -2.27. The summed E-state index contributed by atoms with van der Waals surface area (Å²) in [4.78, 5) is 14.5. The van der Waals surface area contributed by atoms with Gasteiger partial charge >= 0.3 is 0 Å². The Balaban J connectivity index is 2.07. The van der Waals surface area contributed by atoms with Crippen molar-refractivity contribution in [2.24, 2.45) is 0 Å². The number of aromatic nitrogens is 1. The maximum absolute atomic E-state index is 13.3. The summed E-state index contributed by atoms with van der Waals surface area (Å²) in [6.45, 7) is 3.75. The van der Waals surface area contributed by atoms with Gasteiger partial charge in [0.05, 0.1) is 18.8 Å². The number of amides is 1. The van der Waals surface area contributed by atoms with E-state index in [0.717, 1.165) is 0 Å². The molecule has 0 bridgehead atoms. The third-order valence-corrected chi connectivity index (χ3v) is 3.93. The summed E-state index contributed by atoms with van der Waals surface area (Å²) < 4.78 is 20.3. The van der Waals surface area contributed by atoms with E-state index in [-0.39, 0.29) is 11.7 Å². The molecule has 0 N–H and O–H groups in total. The summed E-state index contributed by atoms with van der Waals surface area (Å²) >= 11 is 0. The molecule has 0 radical (unpaired) electrons. The molecule has 0 aliphatic carbocycles. The monoisotopic (exact) mass is 313 g/mol. The van der Waals surface area contributed by atoms with E-state index in [1.165, 1.54) is 12.1 Å². The third kappa shape index (κ3) is 2.83. The predicted octanol–water partition coefficient (Wildman–Crippen LogP) is 2.27. The molecule has 0 spiro atoms. The van der Waals surface area contributed by atoms with Crippen LogP contribution >= 0.6 is 0 Å². The van der Waals surface area contributed by atoms with Crippen molar-refractivity contribution in [1.29, 1.82) is 5.26 Å². The van der Waals surface area contributed by atoms with E-state index in [1.54, 1.807) is 34.7 Å². The molecule has 1 aliphatic heterocycles. The minimum atomic E-state index is -0.333. The highest BCUT2D eigenvalue weighted by Gasteiger charge is 2.25. The van der Waals surface area contributed by atoms with Crippen molar-refractivity contribution in [2.45, 2.75) is 6.92 Å². The van der Waals surface area contributed by atoms with Crippen molar-refractivity contribution in [3.05, 3.63) is 53.1 Å². The minimum absolute atomic E-state index is 0.210. The highest BCUT2D eigenvalue weighted by atomic mass is 19.1. The highest BCUT2D eigenvalue weighted by molar-refractivity contribution is 5.96. The fourth-order valence-electron chi connectivity index (χ4n) is 2.75. The number of nitriles is 1. The van der Waals surface area contributed by atoms with Gasteiger partial charge in [0.25, 0.3) is 5.91 Å². The van der Waals surface area contributed by atoms with Crippen LogP contribution in [0.4, 0.5) is 4.39 Å². The second kappa shape index (κ2) is 6.23. The standard InChI is InChI=1S/C17H16FN3O2/c1-12-10-14(18)2-3-15(12)21-5-4-13(11-19)16(21)17(22)20-6-8-23-9-7-20/h2-5,10H,6-9H2,1H3. The fourth-order valence-corrected chi connectivity index (χ4v) is 2.75. The lowest BCUT2D eigenvalue weighted by Crippen LogP contribution is -2.41. The molecule has 118 valence electrons. The molecule has 1 saturated heterocycles.